The van der Waals surface area contributed by atoms with Crippen LogP contribution in [0.2, 0.25) is 0 Å². The second kappa shape index (κ2) is 4.26. The SMILES string of the molecule is Cc1[nH]ncc1CNCC(C)C. The minimum Gasteiger partial charge on any atom is -0.312 e. The van der Waals surface area contributed by atoms with Gasteiger partial charge in [0.15, 0.2) is 0 Å². The Labute approximate surface area is 73.6 Å². The van der Waals surface area contributed by atoms with Gasteiger partial charge in [-0.1, -0.05) is 13.8 Å². The molecule has 3 heteroatoms. The molecule has 2 N–H and O–H groups in total. The highest BCUT2D eigenvalue weighted by molar-refractivity contribution is 5.13. The molecular formula is C9H17N3. The summed E-state index contributed by atoms with van der Waals surface area (Å²) in [7, 11) is 0. The summed E-state index contributed by atoms with van der Waals surface area (Å²) in [5.74, 6) is 0.706. The first kappa shape index (κ1) is 9.26. The molecule has 0 aliphatic heterocycles. The normalized spacial score (nSPS) is 11.0. The molecule has 12 heavy (non-hydrogen) atoms. The van der Waals surface area contributed by atoms with Crippen molar-refractivity contribution in [2.75, 3.05) is 6.54 Å². The molecule has 68 valence electrons. The number of nitrogens with zero attached hydrogens (tertiary/aromatic N) is 1. The van der Waals surface area contributed by atoms with Crippen LogP contribution in [0.25, 0.3) is 0 Å². The number of hydrogen-bond acceptors (Lipinski definition) is 2. The number of hydrogen-bond donors (Lipinski definition) is 2. The van der Waals surface area contributed by atoms with E-state index in [0.29, 0.717) is 5.92 Å². The summed E-state index contributed by atoms with van der Waals surface area (Å²) >= 11 is 0. The van der Waals surface area contributed by atoms with Gasteiger partial charge in [-0.2, -0.15) is 5.10 Å². The zero-order valence-electron chi connectivity index (χ0n) is 8.02. The van der Waals surface area contributed by atoms with E-state index in [9.17, 15) is 0 Å². The summed E-state index contributed by atoms with van der Waals surface area (Å²) in [6, 6.07) is 0. The van der Waals surface area contributed by atoms with Crippen LogP contribution in [-0.4, -0.2) is 16.7 Å². The van der Waals surface area contributed by atoms with Gasteiger partial charge >= 0.3 is 0 Å². The number of aryl methyl sites for hydroxylation is 1. The molecule has 1 aromatic rings. The van der Waals surface area contributed by atoms with E-state index in [1.54, 1.807) is 0 Å². The lowest BCUT2D eigenvalue weighted by molar-refractivity contribution is 0.551. The van der Waals surface area contributed by atoms with Crippen molar-refractivity contribution in [1.82, 2.24) is 15.5 Å². The second-order valence-electron chi connectivity index (χ2n) is 3.54. The smallest absolute Gasteiger partial charge is 0.0535 e. The summed E-state index contributed by atoms with van der Waals surface area (Å²) in [4.78, 5) is 0. The first-order valence-corrected chi connectivity index (χ1v) is 4.39. The van der Waals surface area contributed by atoms with E-state index < -0.39 is 0 Å². The van der Waals surface area contributed by atoms with Crippen LogP contribution in [0.15, 0.2) is 6.20 Å². The fourth-order valence-corrected chi connectivity index (χ4v) is 1.05. The highest BCUT2D eigenvalue weighted by Crippen LogP contribution is 2.01. The van der Waals surface area contributed by atoms with E-state index in [1.807, 2.05) is 13.1 Å². The van der Waals surface area contributed by atoms with Crippen LogP contribution in [0, 0.1) is 12.8 Å². The van der Waals surface area contributed by atoms with E-state index in [2.05, 4.69) is 29.4 Å². The molecule has 0 spiro atoms. The van der Waals surface area contributed by atoms with Crippen LogP contribution in [0.1, 0.15) is 25.1 Å². The van der Waals surface area contributed by atoms with Crippen LogP contribution in [0.5, 0.6) is 0 Å². The van der Waals surface area contributed by atoms with Crippen molar-refractivity contribution in [3.63, 3.8) is 0 Å². The monoisotopic (exact) mass is 167 g/mol. The topological polar surface area (TPSA) is 40.7 Å². The summed E-state index contributed by atoms with van der Waals surface area (Å²) in [6.07, 6.45) is 1.88. The Morgan fingerprint density at radius 2 is 2.33 bits per heavy atom. The Hall–Kier alpha value is -0.830. The van der Waals surface area contributed by atoms with E-state index in [1.165, 1.54) is 5.56 Å². The third kappa shape index (κ3) is 2.66. The fraction of sp³-hybridized carbons (Fsp3) is 0.667. The predicted octanol–water partition coefficient (Wildman–Crippen LogP) is 1.46. The van der Waals surface area contributed by atoms with Gasteiger partial charge in [-0.25, -0.2) is 0 Å². The molecule has 1 aromatic heterocycles. The quantitative estimate of drug-likeness (QED) is 0.713. The zero-order valence-corrected chi connectivity index (χ0v) is 8.02. The Kier molecular flexibility index (Phi) is 3.29. The molecule has 3 nitrogen and oxygen atoms in total. The van der Waals surface area contributed by atoms with Crippen molar-refractivity contribution >= 4 is 0 Å². The maximum atomic E-state index is 3.95. The molecule has 1 heterocycles. The first-order valence-electron chi connectivity index (χ1n) is 4.39. The Morgan fingerprint density at radius 1 is 1.58 bits per heavy atom. The van der Waals surface area contributed by atoms with Crippen LogP contribution < -0.4 is 5.32 Å². The minimum absolute atomic E-state index is 0.706. The van der Waals surface area contributed by atoms with Crippen LogP contribution >= 0.6 is 0 Å². The summed E-state index contributed by atoms with van der Waals surface area (Å²) in [6.45, 7) is 8.43. The number of rotatable bonds is 4. The number of H-pyrrole nitrogens is 1. The van der Waals surface area contributed by atoms with Crippen LogP contribution in [0.4, 0.5) is 0 Å². The molecular weight excluding hydrogens is 150 g/mol. The lowest BCUT2D eigenvalue weighted by Gasteiger charge is -2.05. The summed E-state index contributed by atoms with van der Waals surface area (Å²) in [5.41, 5.74) is 2.42. The first-order chi connectivity index (χ1) is 5.70. The molecule has 0 bridgehead atoms. The van der Waals surface area contributed by atoms with Crippen molar-refractivity contribution in [3.05, 3.63) is 17.5 Å². The molecule has 0 aromatic carbocycles. The fourth-order valence-electron chi connectivity index (χ4n) is 1.05. The van der Waals surface area contributed by atoms with Crippen LogP contribution in [0.3, 0.4) is 0 Å². The van der Waals surface area contributed by atoms with E-state index >= 15 is 0 Å². The zero-order chi connectivity index (χ0) is 8.97. The van der Waals surface area contributed by atoms with Gasteiger partial charge in [0.25, 0.3) is 0 Å². The Balaban J connectivity index is 2.29. The van der Waals surface area contributed by atoms with E-state index in [0.717, 1.165) is 18.8 Å². The lowest BCUT2D eigenvalue weighted by Crippen LogP contribution is -2.19. The maximum Gasteiger partial charge on any atom is 0.0535 e. The molecule has 0 fully saturated rings. The molecule has 1 rings (SSSR count). The lowest BCUT2D eigenvalue weighted by atomic mass is 10.2. The largest absolute Gasteiger partial charge is 0.312 e. The minimum atomic E-state index is 0.706. The Bertz CT molecular complexity index is 227. The van der Waals surface area contributed by atoms with Gasteiger partial charge in [-0.3, -0.25) is 5.10 Å². The van der Waals surface area contributed by atoms with Gasteiger partial charge in [0, 0.05) is 17.8 Å². The van der Waals surface area contributed by atoms with Gasteiger partial charge in [0.1, 0.15) is 0 Å². The molecule has 0 aliphatic carbocycles. The van der Waals surface area contributed by atoms with E-state index in [-0.39, 0.29) is 0 Å². The summed E-state index contributed by atoms with van der Waals surface area (Å²) in [5, 5.41) is 10.2. The standard InChI is InChI=1S/C9H17N3/c1-7(2)4-10-5-9-6-11-12-8(9)3/h6-7,10H,4-5H2,1-3H3,(H,11,12). The van der Waals surface area contributed by atoms with Crippen molar-refractivity contribution in [2.24, 2.45) is 5.92 Å². The number of aromatic nitrogens is 2. The molecule has 0 aliphatic rings. The molecule has 0 radical (unpaired) electrons. The molecule has 0 atom stereocenters. The van der Waals surface area contributed by atoms with Crippen LogP contribution in [-0.2, 0) is 6.54 Å². The van der Waals surface area contributed by atoms with Gasteiger partial charge in [0.2, 0.25) is 0 Å². The average molecular weight is 167 g/mol. The van der Waals surface area contributed by atoms with Gasteiger partial charge < -0.3 is 5.32 Å². The third-order valence-corrected chi connectivity index (χ3v) is 1.80. The molecule has 0 unspecified atom stereocenters. The summed E-state index contributed by atoms with van der Waals surface area (Å²) < 4.78 is 0. The van der Waals surface area contributed by atoms with Crippen molar-refractivity contribution in [2.45, 2.75) is 27.3 Å². The highest BCUT2D eigenvalue weighted by atomic mass is 15.1. The highest BCUT2D eigenvalue weighted by Gasteiger charge is 1.99. The van der Waals surface area contributed by atoms with E-state index in [4.69, 9.17) is 0 Å². The molecule has 0 saturated carbocycles. The molecule has 0 amide bonds. The average Bonchev–Trinajstić information content (AvgIpc) is 2.36. The third-order valence-electron chi connectivity index (χ3n) is 1.80. The molecule has 0 saturated heterocycles. The number of nitrogens with one attached hydrogen (secondary N) is 2. The maximum absolute atomic E-state index is 3.95. The Morgan fingerprint density at radius 3 is 2.83 bits per heavy atom. The van der Waals surface area contributed by atoms with Crippen molar-refractivity contribution in [3.8, 4) is 0 Å². The van der Waals surface area contributed by atoms with Gasteiger partial charge in [-0.15, -0.1) is 0 Å². The van der Waals surface area contributed by atoms with Crippen molar-refractivity contribution in [1.29, 1.82) is 0 Å². The van der Waals surface area contributed by atoms with Gasteiger partial charge in [-0.05, 0) is 19.4 Å². The number of aromatic amines is 1. The van der Waals surface area contributed by atoms with Gasteiger partial charge in [0.05, 0.1) is 6.20 Å². The van der Waals surface area contributed by atoms with Crippen molar-refractivity contribution < 1.29 is 0 Å². The predicted molar refractivity (Wildman–Crippen MR) is 49.9 cm³/mol. The second-order valence-corrected chi connectivity index (χ2v) is 3.54.